The maximum absolute atomic E-state index is 12.9. The molecule has 0 bridgehead atoms. The van der Waals surface area contributed by atoms with Crippen LogP contribution >= 0.6 is 0 Å². The third kappa shape index (κ3) is 5.72. The summed E-state index contributed by atoms with van der Waals surface area (Å²) < 4.78 is 34.1. The van der Waals surface area contributed by atoms with Gasteiger partial charge in [-0.1, -0.05) is 48.5 Å². The molecule has 0 unspecified atom stereocenters. The van der Waals surface area contributed by atoms with Gasteiger partial charge >= 0.3 is 0 Å². The van der Waals surface area contributed by atoms with E-state index in [1.54, 1.807) is 18.2 Å². The van der Waals surface area contributed by atoms with Crippen molar-refractivity contribution in [3.63, 3.8) is 0 Å². The molecule has 0 saturated heterocycles. The first-order chi connectivity index (χ1) is 15.9. The minimum absolute atomic E-state index is 0.00385. The second kappa shape index (κ2) is 9.49. The summed E-state index contributed by atoms with van der Waals surface area (Å²) in [5.41, 5.74) is 1.76. The van der Waals surface area contributed by atoms with Gasteiger partial charge in [0.05, 0.1) is 10.6 Å². The average Bonchev–Trinajstić information content (AvgIpc) is 2.80. The Balaban J connectivity index is 1.67. The van der Waals surface area contributed by atoms with Crippen LogP contribution in [0.15, 0.2) is 95.9 Å². The molecule has 0 aliphatic rings. The number of hydrogen-bond donors (Lipinski definition) is 2. The second-order valence-electron chi connectivity index (χ2n) is 7.01. The van der Waals surface area contributed by atoms with Crippen LogP contribution in [0.3, 0.4) is 0 Å². The fourth-order valence-electron chi connectivity index (χ4n) is 2.99. The van der Waals surface area contributed by atoms with Gasteiger partial charge in [-0.05, 0) is 36.4 Å². The van der Waals surface area contributed by atoms with Crippen molar-refractivity contribution in [3.8, 4) is 22.9 Å². The molecule has 166 valence electrons. The Morgan fingerprint density at radius 1 is 0.848 bits per heavy atom. The summed E-state index contributed by atoms with van der Waals surface area (Å²) in [6, 6.07) is 25.8. The van der Waals surface area contributed by atoms with E-state index in [1.807, 2.05) is 48.5 Å². The minimum atomic E-state index is -3.99. The van der Waals surface area contributed by atoms with Crippen LogP contribution in [-0.2, 0) is 14.8 Å². The molecule has 4 aromatic rings. The normalized spacial score (nSPS) is 10.9. The molecule has 4 rings (SSSR count). The number of sulfonamides is 1. The quantitative estimate of drug-likeness (QED) is 0.414. The SMILES string of the molecule is CC(=O)Nc1ccc(S(=O)(=O)Nc2nc(Oc3ccccc3)cc(-c3ccccc3)n2)cc1. The number of rotatable bonds is 7. The molecule has 0 saturated carbocycles. The number of nitrogens with zero attached hydrogens (tertiary/aromatic N) is 2. The molecule has 1 aromatic heterocycles. The molecule has 0 atom stereocenters. The molecule has 1 amide bonds. The van der Waals surface area contributed by atoms with Crippen molar-refractivity contribution in [1.29, 1.82) is 0 Å². The smallest absolute Gasteiger partial charge is 0.264 e. The molecule has 33 heavy (non-hydrogen) atoms. The summed E-state index contributed by atoms with van der Waals surface area (Å²) in [7, 11) is -3.99. The number of carbonyl (C=O) groups is 1. The monoisotopic (exact) mass is 460 g/mol. The van der Waals surface area contributed by atoms with E-state index in [4.69, 9.17) is 4.74 Å². The van der Waals surface area contributed by atoms with Crippen molar-refractivity contribution >= 4 is 27.6 Å². The van der Waals surface area contributed by atoms with Gasteiger partial charge < -0.3 is 10.1 Å². The number of anilines is 2. The largest absolute Gasteiger partial charge is 0.439 e. The number of benzene rings is 3. The summed E-state index contributed by atoms with van der Waals surface area (Å²) in [5, 5.41) is 2.59. The lowest BCUT2D eigenvalue weighted by Crippen LogP contribution is -2.15. The topological polar surface area (TPSA) is 110 Å². The van der Waals surface area contributed by atoms with Gasteiger partial charge in [0, 0.05) is 24.2 Å². The van der Waals surface area contributed by atoms with Gasteiger partial charge in [0.2, 0.25) is 17.7 Å². The lowest BCUT2D eigenvalue weighted by atomic mass is 10.1. The highest BCUT2D eigenvalue weighted by Crippen LogP contribution is 2.27. The number of amides is 1. The molecule has 0 spiro atoms. The molecule has 9 heteroatoms. The van der Waals surface area contributed by atoms with Crippen molar-refractivity contribution in [2.24, 2.45) is 0 Å². The summed E-state index contributed by atoms with van der Waals surface area (Å²) in [5.74, 6) is 0.361. The first-order valence-electron chi connectivity index (χ1n) is 9.97. The molecule has 8 nitrogen and oxygen atoms in total. The molecular weight excluding hydrogens is 440 g/mol. The van der Waals surface area contributed by atoms with E-state index in [2.05, 4.69) is 20.0 Å². The molecule has 2 N–H and O–H groups in total. The maximum atomic E-state index is 12.9. The van der Waals surface area contributed by atoms with Gasteiger partial charge in [0.25, 0.3) is 10.0 Å². The van der Waals surface area contributed by atoms with E-state index in [0.717, 1.165) is 5.56 Å². The highest BCUT2D eigenvalue weighted by atomic mass is 32.2. The molecule has 0 fully saturated rings. The summed E-state index contributed by atoms with van der Waals surface area (Å²) >= 11 is 0. The predicted octanol–water partition coefficient (Wildman–Crippen LogP) is 4.70. The van der Waals surface area contributed by atoms with Crippen LogP contribution < -0.4 is 14.8 Å². The Bertz CT molecular complexity index is 1360. The molecule has 0 aliphatic heterocycles. The van der Waals surface area contributed by atoms with Crippen molar-refractivity contribution in [3.05, 3.63) is 91.0 Å². The van der Waals surface area contributed by atoms with Crippen LogP contribution in [0.1, 0.15) is 6.92 Å². The first-order valence-corrected chi connectivity index (χ1v) is 11.5. The van der Waals surface area contributed by atoms with Gasteiger partial charge in [0.1, 0.15) is 5.75 Å². The average molecular weight is 461 g/mol. The number of ether oxygens (including phenoxy) is 1. The fourth-order valence-corrected chi connectivity index (χ4v) is 3.93. The predicted molar refractivity (Wildman–Crippen MR) is 126 cm³/mol. The molecule has 3 aromatic carbocycles. The number of para-hydroxylation sites is 1. The van der Waals surface area contributed by atoms with E-state index in [9.17, 15) is 13.2 Å². The third-order valence-corrected chi connectivity index (χ3v) is 5.79. The van der Waals surface area contributed by atoms with Crippen LogP contribution in [-0.4, -0.2) is 24.3 Å². The van der Waals surface area contributed by atoms with Gasteiger partial charge in [-0.15, -0.1) is 0 Å². The Kier molecular flexibility index (Phi) is 6.32. The zero-order valence-electron chi connectivity index (χ0n) is 17.6. The molecule has 1 heterocycles. The van der Waals surface area contributed by atoms with Gasteiger partial charge in [-0.2, -0.15) is 4.98 Å². The maximum Gasteiger partial charge on any atom is 0.264 e. The lowest BCUT2D eigenvalue weighted by Gasteiger charge is -2.12. The van der Waals surface area contributed by atoms with E-state index >= 15 is 0 Å². The van der Waals surface area contributed by atoms with Crippen LogP contribution in [0.25, 0.3) is 11.3 Å². The Labute approximate surface area is 191 Å². The molecule has 0 radical (unpaired) electrons. The summed E-state index contributed by atoms with van der Waals surface area (Å²) in [4.78, 5) is 19.8. The van der Waals surface area contributed by atoms with E-state index < -0.39 is 10.0 Å². The Morgan fingerprint density at radius 2 is 1.48 bits per heavy atom. The van der Waals surface area contributed by atoms with Crippen LogP contribution in [0.2, 0.25) is 0 Å². The Morgan fingerprint density at radius 3 is 2.12 bits per heavy atom. The molecule has 0 aliphatic carbocycles. The Hall–Kier alpha value is -4.24. The zero-order valence-corrected chi connectivity index (χ0v) is 18.4. The van der Waals surface area contributed by atoms with Crippen molar-refractivity contribution in [2.75, 3.05) is 10.0 Å². The number of aromatic nitrogens is 2. The second-order valence-corrected chi connectivity index (χ2v) is 8.69. The lowest BCUT2D eigenvalue weighted by molar-refractivity contribution is -0.114. The van der Waals surface area contributed by atoms with E-state index in [0.29, 0.717) is 17.1 Å². The third-order valence-electron chi connectivity index (χ3n) is 4.45. The number of nitrogens with one attached hydrogen (secondary N) is 2. The van der Waals surface area contributed by atoms with Gasteiger partial charge in [0.15, 0.2) is 0 Å². The van der Waals surface area contributed by atoms with Gasteiger partial charge in [-0.25, -0.2) is 18.1 Å². The zero-order chi connectivity index (χ0) is 23.3. The summed E-state index contributed by atoms with van der Waals surface area (Å²) in [6.07, 6.45) is 0. The minimum Gasteiger partial charge on any atom is -0.439 e. The van der Waals surface area contributed by atoms with Crippen LogP contribution in [0.5, 0.6) is 11.6 Å². The highest BCUT2D eigenvalue weighted by molar-refractivity contribution is 7.92. The first kappa shape index (κ1) is 22.0. The fraction of sp³-hybridized carbons (Fsp3) is 0.0417. The summed E-state index contributed by atoms with van der Waals surface area (Å²) in [6.45, 7) is 1.37. The highest BCUT2D eigenvalue weighted by Gasteiger charge is 2.18. The van der Waals surface area contributed by atoms with Crippen molar-refractivity contribution in [2.45, 2.75) is 11.8 Å². The van der Waals surface area contributed by atoms with Crippen LogP contribution in [0.4, 0.5) is 11.6 Å². The number of carbonyl (C=O) groups excluding carboxylic acids is 1. The van der Waals surface area contributed by atoms with E-state index in [-0.39, 0.29) is 22.6 Å². The van der Waals surface area contributed by atoms with E-state index in [1.165, 1.54) is 31.2 Å². The van der Waals surface area contributed by atoms with Crippen LogP contribution in [0, 0.1) is 0 Å². The number of hydrogen-bond acceptors (Lipinski definition) is 6. The van der Waals surface area contributed by atoms with Gasteiger partial charge in [-0.3, -0.25) is 4.79 Å². The standard InChI is InChI=1S/C24H20N4O4S/c1-17(29)25-19-12-14-21(15-13-19)33(30,31)28-24-26-22(18-8-4-2-5-9-18)16-23(27-24)32-20-10-6-3-7-11-20/h2-16H,1H3,(H,25,29)(H,26,27,28). The van der Waals surface area contributed by atoms with Crippen molar-refractivity contribution in [1.82, 2.24) is 9.97 Å². The van der Waals surface area contributed by atoms with Crippen molar-refractivity contribution < 1.29 is 17.9 Å². The molecular formula is C24H20N4O4S.